The van der Waals surface area contributed by atoms with Gasteiger partial charge in [0.1, 0.15) is 5.75 Å². The molecule has 1 aromatic rings. The van der Waals surface area contributed by atoms with Crippen LogP contribution in [0.5, 0.6) is 5.75 Å². The quantitative estimate of drug-likeness (QED) is 0.335. The highest BCUT2D eigenvalue weighted by molar-refractivity contribution is 5.42. The van der Waals surface area contributed by atoms with E-state index in [1.165, 1.54) is 74.5 Å². The summed E-state index contributed by atoms with van der Waals surface area (Å²) >= 11 is 0. The van der Waals surface area contributed by atoms with Crippen molar-refractivity contribution in [1.82, 2.24) is 0 Å². The zero-order valence-corrected chi connectivity index (χ0v) is 17.8. The predicted molar refractivity (Wildman–Crippen MR) is 112 cm³/mol. The molecule has 0 N–H and O–H groups in total. The third-order valence-electron chi connectivity index (χ3n) is 6.12. The van der Waals surface area contributed by atoms with Gasteiger partial charge in [-0.15, -0.1) is 0 Å². The van der Waals surface area contributed by atoms with Gasteiger partial charge in [-0.2, -0.15) is 0 Å². The number of unbranched alkanes of at least 4 members (excludes halogenated alkanes) is 2. The van der Waals surface area contributed by atoms with E-state index in [1.54, 1.807) is 0 Å². The van der Waals surface area contributed by atoms with Gasteiger partial charge in [0, 0.05) is 0 Å². The molecule has 0 fully saturated rings. The molecule has 1 nitrogen and oxygen atoms in total. The fourth-order valence-corrected chi connectivity index (χ4v) is 3.92. The molecule has 0 spiro atoms. The lowest BCUT2D eigenvalue weighted by Crippen LogP contribution is -2.05. The van der Waals surface area contributed by atoms with Gasteiger partial charge in [0.25, 0.3) is 0 Å². The Bertz CT molecular complexity index is 469. The van der Waals surface area contributed by atoms with E-state index in [-0.39, 0.29) is 0 Å². The third-order valence-corrected chi connectivity index (χ3v) is 6.12. The average molecular weight is 347 g/mol. The fraction of sp³-hybridized carbons (Fsp3) is 0.750. The summed E-state index contributed by atoms with van der Waals surface area (Å²) in [6.07, 6.45) is 13.0. The minimum Gasteiger partial charge on any atom is -0.496 e. The van der Waals surface area contributed by atoms with E-state index in [0.717, 1.165) is 24.0 Å². The maximum Gasteiger partial charge on any atom is 0.122 e. The highest BCUT2D eigenvalue weighted by Gasteiger charge is 2.12. The number of benzene rings is 1. The minimum atomic E-state index is 0.768. The number of hydrogen-bond donors (Lipinski definition) is 0. The minimum absolute atomic E-state index is 0.768. The Morgan fingerprint density at radius 1 is 0.800 bits per heavy atom. The molecule has 0 saturated heterocycles. The zero-order valence-electron chi connectivity index (χ0n) is 17.8. The highest BCUT2D eigenvalue weighted by atomic mass is 16.5. The van der Waals surface area contributed by atoms with Gasteiger partial charge in [-0.1, -0.05) is 78.7 Å². The topological polar surface area (TPSA) is 9.23 Å². The van der Waals surface area contributed by atoms with Gasteiger partial charge in [0.2, 0.25) is 0 Å². The summed E-state index contributed by atoms with van der Waals surface area (Å²) < 4.78 is 5.72. The first-order valence-electron chi connectivity index (χ1n) is 10.8. The van der Waals surface area contributed by atoms with Crippen LogP contribution in [-0.4, -0.2) is 7.11 Å². The lowest BCUT2D eigenvalue weighted by atomic mass is 9.90. The van der Waals surface area contributed by atoms with Crippen molar-refractivity contribution in [1.29, 1.82) is 0 Å². The lowest BCUT2D eigenvalue weighted by Gasteiger charge is -2.18. The van der Waals surface area contributed by atoms with Gasteiger partial charge in [0.15, 0.2) is 0 Å². The van der Waals surface area contributed by atoms with Crippen molar-refractivity contribution < 1.29 is 4.74 Å². The molecular formula is C24H42O. The van der Waals surface area contributed by atoms with Crippen molar-refractivity contribution in [3.8, 4) is 5.75 Å². The standard InChI is InChI=1S/C24H42O/c1-7-20(8-2)14-12-11-13-15-22-18-24(25-6)23(16-19(22)5)17-21(9-3)10-4/h16,18,20-21H,7-15,17H2,1-6H3. The number of methoxy groups -OCH3 is 1. The summed E-state index contributed by atoms with van der Waals surface area (Å²) in [5.41, 5.74) is 4.32. The molecule has 0 aromatic heterocycles. The molecule has 0 heterocycles. The van der Waals surface area contributed by atoms with Crippen LogP contribution in [0.3, 0.4) is 0 Å². The molecule has 1 aromatic carbocycles. The van der Waals surface area contributed by atoms with Crippen molar-refractivity contribution in [3.05, 3.63) is 28.8 Å². The molecule has 144 valence electrons. The van der Waals surface area contributed by atoms with E-state index in [2.05, 4.69) is 46.8 Å². The van der Waals surface area contributed by atoms with Crippen LogP contribution in [0, 0.1) is 18.8 Å². The van der Waals surface area contributed by atoms with E-state index in [4.69, 9.17) is 4.74 Å². The van der Waals surface area contributed by atoms with Crippen LogP contribution in [0.4, 0.5) is 0 Å². The van der Waals surface area contributed by atoms with Crippen LogP contribution >= 0.6 is 0 Å². The Hall–Kier alpha value is -0.980. The van der Waals surface area contributed by atoms with Gasteiger partial charge in [0.05, 0.1) is 7.11 Å². The molecular weight excluding hydrogens is 304 g/mol. The van der Waals surface area contributed by atoms with Gasteiger partial charge in [-0.05, 0) is 60.8 Å². The Kier molecular flexibility index (Phi) is 10.9. The summed E-state index contributed by atoms with van der Waals surface area (Å²) in [4.78, 5) is 0. The van der Waals surface area contributed by atoms with E-state index >= 15 is 0 Å². The van der Waals surface area contributed by atoms with Crippen molar-refractivity contribution in [3.63, 3.8) is 0 Å². The summed E-state index contributed by atoms with van der Waals surface area (Å²) in [5.74, 6) is 2.81. The molecule has 0 aliphatic carbocycles. The maximum absolute atomic E-state index is 5.72. The van der Waals surface area contributed by atoms with Crippen LogP contribution < -0.4 is 4.74 Å². The second-order valence-corrected chi connectivity index (χ2v) is 7.76. The maximum atomic E-state index is 5.72. The molecule has 0 aliphatic rings. The summed E-state index contributed by atoms with van der Waals surface area (Å²) in [7, 11) is 1.82. The number of ether oxygens (including phenoxy) is 1. The third kappa shape index (κ3) is 7.42. The summed E-state index contributed by atoms with van der Waals surface area (Å²) in [5, 5.41) is 0. The second-order valence-electron chi connectivity index (χ2n) is 7.76. The van der Waals surface area contributed by atoms with Gasteiger partial charge < -0.3 is 4.74 Å². The van der Waals surface area contributed by atoms with Gasteiger partial charge in [-0.3, -0.25) is 0 Å². The first-order chi connectivity index (χ1) is 12.1. The van der Waals surface area contributed by atoms with Crippen LogP contribution in [-0.2, 0) is 12.8 Å². The summed E-state index contributed by atoms with van der Waals surface area (Å²) in [6.45, 7) is 11.5. The fourth-order valence-electron chi connectivity index (χ4n) is 3.92. The zero-order chi connectivity index (χ0) is 18.7. The highest BCUT2D eigenvalue weighted by Crippen LogP contribution is 2.29. The number of hydrogen-bond acceptors (Lipinski definition) is 1. The molecule has 0 amide bonds. The molecule has 0 bridgehead atoms. The van der Waals surface area contributed by atoms with Crippen molar-refractivity contribution in [2.45, 2.75) is 98.8 Å². The lowest BCUT2D eigenvalue weighted by molar-refractivity contribution is 0.400. The molecule has 0 atom stereocenters. The molecule has 0 unspecified atom stereocenters. The SMILES string of the molecule is CCC(CC)CCCCCc1cc(OC)c(CC(CC)CC)cc1C. The number of aryl methyl sites for hydroxylation is 2. The molecule has 25 heavy (non-hydrogen) atoms. The Balaban J connectivity index is 2.60. The van der Waals surface area contributed by atoms with E-state index < -0.39 is 0 Å². The molecule has 1 heteroatoms. The normalized spacial score (nSPS) is 11.5. The van der Waals surface area contributed by atoms with Gasteiger partial charge in [-0.25, -0.2) is 0 Å². The molecule has 0 aliphatic heterocycles. The first-order valence-corrected chi connectivity index (χ1v) is 10.8. The molecule has 0 saturated carbocycles. The van der Waals surface area contributed by atoms with Crippen LogP contribution in [0.1, 0.15) is 95.8 Å². The molecule has 0 radical (unpaired) electrons. The van der Waals surface area contributed by atoms with E-state index in [1.807, 2.05) is 7.11 Å². The summed E-state index contributed by atoms with van der Waals surface area (Å²) in [6, 6.07) is 4.70. The van der Waals surface area contributed by atoms with Crippen LogP contribution in [0.2, 0.25) is 0 Å². The van der Waals surface area contributed by atoms with Crippen molar-refractivity contribution >= 4 is 0 Å². The van der Waals surface area contributed by atoms with Crippen LogP contribution in [0.25, 0.3) is 0 Å². The van der Waals surface area contributed by atoms with Gasteiger partial charge >= 0.3 is 0 Å². The largest absolute Gasteiger partial charge is 0.496 e. The Morgan fingerprint density at radius 2 is 1.44 bits per heavy atom. The predicted octanol–water partition coefficient (Wildman–Crippen LogP) is 7.52. The van der Waals surface area contributed by atoms with Crippen LogP contribution in [0.15, 0.2) is 12.1 Å². The average Bonchev–Trinajstić information content (AvgIpc) is 2.63. The smallest absolute Gasteiger partial charge is 0.122 e. The Morgan fingerprint density at radius 3 is 2.00 bits per heavy atom. The Labute approximate surface area is 157 Å². The second kappa shape index (κ2) is 12.4. The van der Waals surface area contributed by atoms with Crippen molar-refractivity contribution in [2.75, 3.05) is 7.11 Å². The van der Waals surface area contributed by atoms with E-state index in [9.17, 15) is 0 Å². The number of rotatable bonds is 13. The van der Waals surface area contributed by atoms with E-state index in [0.29, 0.717) is 0 Å². The van der Waals surface area contributed by atoms with Crippen molar-refractivity contribution in [2.24, 2.45) is 11.8 Å². The monoisotopic (exact) mass is 346 g/mol. The molecule has 1 rings (SSSR count). The first kappa shape index (κ1) is 22.1.